The topological polar surface area (TPSA) is 104 Å². The molecule has 1 aromatic rings. The quantitative estimate of drug-likeness (QED) is 0.572. The van der Waals surface area contributed by atoms with Gasteiger partial charge in [-0.25, -0.2) is 4.79 Å². The second kappa shape index (κ2) is 7.22. The predicted molar refractivity (Wildman–Crippen MR) is 81.4 cm³/mol. The van der Waals surface area contributed by atoms with Gasteiger partial charge in [-0.05, 0) is 12.8 Å². The molecule has 0 heterocycles. The van der Waals surface area contributed by atoms with Crippen molar-refractivity contribution in [2.75, 3.05) is 6.54 Å². The molecule has 7 heteroatoms. The number of nitro benzene ring substituents is 1. The van der Waals surface area contributed by atoms with Crippen LogP contribution < -0.4 is 10.6 Å². The van der Waals surface area contributed by atoms with E-state index < -0.39 is 16.6 Å². The first kappa shape index (κ1) is 16.2. The number of benzene rings is 1. The number of aliphatic hydroxyl groups is 1. The minimum atomic E-state index is -0.825. The number of amides is 2. The number of urea groups is 1. The van der Waals surface area contributed by atoms with Crippen LogP contribution in [0, 0.1) is 10.1 Å². The molecule has 2 amide bonds. The lowest BCUT2D eigenvalue weighted by Gasteiger charge is -2.32. The molecule has 22 heavy (non-hydrogen) atoms. The number of carbonyl (C=O) groups is 1. The van der Waals surface area contributed by atoms with E-state index in [0.29, 0.717) is 18.4 Å². The number of hydrogen-bond donors (Lipinski definition) is 3. The summed E-state index contributed by atoms with van der Waals surface area (Å²) in [6.07, 6.45) is 4.44. The molecule has 0 aromatic heterocycles. The highest BCUT2D eigenvalue weighted by atomic mass is 16.6. The van der Waals surface area contributed by atoms with E-state index in [4.69, 9.17) is 0 Å². The van der Waals surface area contributed by atoms with Crippen LogP contribution in [0.15, 0.2) is 24.3 Å². The van der Waals surface area contributed by atoms with Crippen molar-refractivity contribution >= 4 is 11.7 Å². The largest absolute Gasteiger partial charge is 0.388 e. The summed E-state index contributed by atoms with van der Waals surface area (Å²) >= 11 is 0. The van der Waals surface area contributed by atoms with Crippen molar-refractivity contribution in [3.63, 3.8) is 0 Å². The van der Waals surface area contributed by atoms with Crippen LogP contribution in [-0.4, -0.2) is 28.2 Å². The molecular formula is C15H21N3O4. The van der Waals surface area contributed by atoms with Crippen LogP contribution in [0.4, 0.5) is 10.5 Å². The predicted octanol–water partition coefficient (Wildman–Crippen LogP) is 2.09. The van der Waals surface area contributed by atoms with E-state index in [9.17, 15) is 20.0 Å². The standard InChI is InChI=1S/C15H21N3O4/c19-14(17-11-15(20)8-4-1-5-9-15)16-10-12-6-2-3-7-13(12)18(21)22/h2-3,6-7,20H,1,4-5,8-11H2,(H2,16,17,19). The molecule has 1 fully saturated rings. The molecule has 1 saturated carbocycles. The van der Waals surface area contributed by atoms with Crippen LogP contribution >= 0.6 is 0 Å². The summed E-state index contributed by atoms with van der Waals surface area (Å²) in [5, 5.41) is 26.4. The van der Waals surface area contributed by atoms with Crippen molar-refractivity contribution in [3.8, 4) is 0 Å². The first-order valence-electron chi connectivity index (χ1n) is 7.47. The molecule has 0 unspecified atom stereocenters. The van der Waals surface area contributed by atoms with Crippen molar-refractivity contribution in [1.29, 1.82) is 0 Å². The monoisotopic (exact) mass is 307 g/mol. The summed E-state index contributed by atoms with van der Waals surface area (Å²) < 4.78 is 0. The Morgan fingerprint density at radius 3 is 2.59 bits per heavy atom. The first-order valence-corrected chi connectivity index (χ1v) is 7.47. The molecule has 0 radical (unpaired) electrons. The smallest absolute Gasteiger partial charge is 0.315 e. The fourth-order valence-electron chi connectivity index (χ4n) is 2.71. The molecule has 0 spiro atoms. The number of carbonyl (C=O) groups excluding carboxylic acids is 1. The Morgan fingerprint density at radius 1 is 1.23 bits per heavy atom. The maximum Gasteiger partial charge on any atom is 0.315 e. The summed E-state index contributed by atoms with van der Waals surface area (Å²) in [6.45, 7) is 0.275. The average molecular weight is 307 g/mol. The molecule has 0 saturated heterocycles. The Kier molecular flexibility index (Phi) is 5.32. The highest BCUT2D eigenvalue weighted by molar-refractivity contribution is 5.74. The third-order valence-electron chi connectivity index (χ3n) is 3.99. The van der Waals surface area contributed by atoms with Crippen LogP contribution in [-0.2, 0) is 6.54 Å². The lowest BCUT2D eigenvalue weighted by atomic mass is 9.85. The Labute approximate surface area is 128 Å². The van der Waals surface area contributed by atoms with E-state index in [1.165, 1.54) is 6.07 Å². The molecule has 1 aliphatic rings. The van der Waals surface area contributed by atoms with Gasteiger partial charge in [0.2, 0.25) is 0 Å². The molecular weight excluding hydrogens is 286 g/mol. The minimum Gasteiger partial charge on any atom is -0.388 e. The second-order valence-electron chi connectivity index (χ2n) is 5.71. The van der Waals surface area contributed by atoms with E-state index in [0.717, 1.165) is 19.3 Å². The number of hydrogen-bond acceptors (Lipinski definition) is 4. The highest BCUT2D eigenvalue weighted by Gasteiger charge is 2.29. The Bertz CT molecular complexity index is 541. The van der Waals surface area contributed by atoms with E-state index in [1.807, 2.05) is 0 Å². The van der Waals surface area contributed by atoms with Gasteiger partial charge in [0.15, 0.2) is 0 Å². The van der Waals surface area contributed by atoms with E-state index in [-0.39, 0.29) is 18.8 Å². The van der Waals surface area contributed by atoms with Crippen LogP contribution in [0.5, 0.6) is 0 Å². The lowest BCUT2D eigenvalue weighted by molar-refractivity contribution is -0.385. The average Bonchev–Trinajstić information content (AvgIpc) is 2.52. The van der Waals surface area contributed by atoms with Gasteiger partial charge in [0.1, 0.15) is 0 Å². The highest BCUT2D eigenvalue weighted by Crippen LogP contribution is 2.27. The van der Waals surface area contributed by atoms with E-state index >= 15 is 0 Å². The summed E-state index contributed by atoms with van der Waals surface area (Å²) in [7, 11) is 0. The Balaban J connectivity index is 1.82. The summed E-state index contributed by atoms with van der Waals surface area (Å²) in [5.41, 5.74) is -0.401. The van der Waals surface area contributed by atoms with Gasteiger partial charge >= 0.3 is 6.03 Å². The molecule has 3 N–H and O–H groups in total. The van der Waals surface area contributed by atoms with Crippen molar-refractivity contribution in [3.05, 3.63) is 39.9 Å². The van der Waals surface area contributed by atoms with Crippen LogP contribution in [0.25, 0.3) is 0 Å². The van der Waals surface area contributed by atoms with Crippen LogP contribution in [0.3, 0.4) is 0 Å². The molecule has 1 aromatic carbocycles. The van der Waals surface area contributed by atoms with Gasteiger partial charge in [0.05, 0.1) is 17.1 Å². The zero-order valence-electron chi connectivity index (χ0n) is 12.4. The maximum atomic E-state index is 11.8. The molecule has 120 valence electrons. The molecule has 2 rings (SSSR count). The fourth-order valence-corrected chi connectivity index (χ4v) is 2.71. The van der Waals surface area contributed by atoms with Crippen molar-refractivity contribution in [2.45, 2.75) is 44.2 Å². The SMILES string of the molecule is O=C(NCc1ccccc1[N+](=O)[O-])NCC1(O)CCCCC1. The van der Waals surface area contributed by atoms with Gasteiger partial charge in [-0.1, -0.05) is 37.5 Å². The summed E-state index contributed by atoms with van der Waals surface area (Å²) in [5.74, 6) is 0. The van der Waals surface area contributed by atoms with Gasteiger partial charge in [0.25, 0.3) is 5.69 Å². The van der Waals surface area contributed by atoms with Gasteiger partial charge in [0, 0.05) is 18.2 Å². The van der Waals surface area contributed by atoms with Gasteiger partial charge < -0.3 is 15.7 Å². The third-order valence-corrected chi connectivity index (χ3v) is 3.99. The van der Waals surface area contributed by atoms with Gasteiger partial charge in [-0.3, -0.25) is 10.1 Å². The number of para-hydroxylation sites is 1. The number of nitrogens with one attached hydrogen (secondary N) is 2. The van der Waals surface area contributed by atoms with E-state index in [2.05, 4.69) is 10.6 Å². The van der Waals surface area contributed by atoms with E-state index in [1.54, 1.807) is 18.2 Å². The molecule has 0 bridgehead atoms. The number of nitrogens with zero attached hydrogens (tertiary/aromatic N) is 1. The fraction of sp³-hybridized carbons (Fsp3) is 0.533. The second-order valence-corrected chi connectivity index (χ2v) is 5.71. The molecule has 0 aliphatic heterocycles. The zero-order chi connectivity index (χ0) is 16.0. The minimum absolute atomic E-state index is 0.0197. The van der Waals surface area contributed by atoms with Crippen molar-refractivity contribution < 1.29 is 14.8 Å². The number of rotatable bonds is 5. The van der Waals surface area contributed by atoms with Crippen LogP contribution in [0.2, 0.25) is 0 Å². The number of nitro groups is 1. The third kappa shape index (κ3) is 4.42. The molecule has 1 aliphatic carbocycles. The Hall–Kier alpha value is -2.15. The zero-order valence-corrected chi connectivity index (χ0v) is 12.4. The van der Waals surface area contributed by atoms with Crippen molar-refractivity contribution in [2.24, 2.45) is 0 Å². The summed E-state index contributed by atoms with van der Waals surface area (Å²) in [4.78, 5) is 22.2. The normalized spacial score (nSPS) is 16.8. The first-order chi connectivity index (χ1) is 10.5. The van der Waals surface area contributed by atoms with Gasteiger partial charge in [-0.2, -0.15) is 0 Å². The van der Waals surface area contributed by atoms with Crippen LogP contribution in [0.1, 0.15) is 37.7 Å². The van der Waals surface area contributed by atoms with Crippen molar-refractivity contribution in [1.82, 2.24) is 10.6 Å². The maximum absolute atomic E-state index is 11.8. The van der Waals surface area contributed by atoms with Gasteiger partial charge in [-0.15, -0.1) is 0 Å². The summed E-state index contributed by atoms with van der Waals surface area (Å²) in [6, 6.07) is 5.84. The molecule has 0 atom stereocenters. The molecule has 7 nitrogen and oxygen atoms in total. The Morgan fingerprint density at radius 2 is 1.91 bits per heavy atom. The lowest BCUT2D eigenvalue weighted by Crippen LogP contribution is -2.47.